The Morgan fingerprint density at radius 3 is 2.41 bits per heavy atom. The van der Waals surface area contributed by atoms with Crippen LogP contribution in [0.15, 0.2) is 36.7 Å². The van der Waals surface area contributed by atoms with Gasteiger partial charge >= 0.3 is 17.9 Å². The van der Waals surface area contributed by atoms with Crippen LogP contribution in [0.25, 0.3) is 11.2 Å². The summed E-state index contributed by atoms with van der Waals surface area (Å²) in [6.07, 6.45) is -2.73. The van der Waals surface area contributed by atoms with Crippen molar-refractivity contribution in [1.29, 1.82) is 0 Å². The minimum absolute atomic E-state index is 0.0713. The van der Waals surface area contributed by atoms with E-state index in [1.54, 1.807) is 0 Å². The lowest BCUT2D eigenvalue weighted by atomic mass is 10.1. The van der Waals surface area contributed by atoms with Crippen molar-refractivity contribution in [3.63, 3.8) is 0 Å². The zero-order valence-electron chi connectivity index (χ0n) is 21.7. The summed E-state index contributed by atoms with van der Waals surface area (Å²) in [4.78, 5) is 48.3. The van der Waals surface area contributed by atoms with Gasteiger partial charge in [-0.25, -0.2) is 4.98 Å². The Labute approximate surface area is 228 Å². The number of carbonyl (C=O) groups excluding carboxylic acids is 3. The lowest BCUT2D eigenvalue weighted by Gasteiger charge is -2.23. The van der Waals surface area contributed by atoms with Gasteiger partial charge in [-0.1, -0.05) is 18.2 Å². The molecule has 1 fully saturated rings. The molecule has 0 amide bonds. The number of nitrogens with one attached hydrogen (secondary N) is 1. The molecule has 0 spiro atoms. The molecule has 4 rings (SSSR count). The maximum atomic E-state index is 12.0. The van der Waals surface area contributed by atoms with Crippen LogP contribution in [0.3, 0.4) is 0 Å². The standard InChI is InChI=1S/C25H28ClN5O8/c1-13(10-36-17-8-6-5-7-9-17)28-22-19-23(30-25(26)29-22)31(12-27-19)24-21(38-16(4)34)20(37-15(3)33)18(39-24)11-35-14(2)32/h5-9,12-13,18,20-21,24H,10-11H2,1-4H3,(H,28,29,30)/t13?,18-,20-,21-,24-/m1/s1. The number of nitrogens with zero attached hydrogens (tertiary/aromatic N) is 4. The maximum Gasteiger partial charge on any atom is 0.303 e. The monoisotopic (exact) mass is 561 g/mol. The van der Waals surface area contributed by atoms with Crippen LogP contribution in [0.5, 0.6) is 5.75 Å². The summed E-state index contributed by atoms with van der Waals surface area (Å²) in [5.41, 5.74) is 0.633. The molecule has 0 bridgehead atoms. The fourth-order valence-electron chi connectivity index (χ4n) is 4.11. The molecule has 5 atom stereocenters. The number of benzene rings is 1. The number of carbonyl (C=O) groups is 3. The average molecular weight is 562 g/mol. The van der Waals surface area contributed by atoms with Crippen molar-refractivity contribution in [2.75, 3.05) is 18.5 Å². The molecule has 1 unspecified atom stereocenters. The van der Waals surface area contributed by atoms with Crippen molar-refractivity contribution >= 4 is 46.5 Å². The first-order chi connectivity index (χ1) is 18.6. The Hall–Kier alpha value is -3.97. The number of halogens is 1. The summed E-state index contributed by atoms with van der Waals surface area (Å²) in [6.45, 7) is 5.65. The van der Waals surface area contributed by atoms with E-state index in [4.69, 9.17) is 35.3 Å². The van der Waals surface area contributed by atoms with Crippen molar-refractivity contribution < 1.29 is 38.1 Å². The van der Waals surface area contributed by atoms with Crippen molar-refractivity contribution in [3.05, 3.63) is 41.9 Å². The van der Waals surface area contributed by atoms with Gasteiger partial charge < -0.3 is 29.0 Å². The molecule has 0 radical (unpaired) electrons. The van der Waals surface area contributed by atoms with E-state index in [1.165, 1.54) is 31.7 Å². The molecule has 1 saturated heterocycles. The summed E-state index contributed by atoms with van der Waals surface area (Å²) in [5, 5.41) is 3.16. The highest BCUT2D eigenvalue weighted by Crippen LogP contribution is 2.36. The molecule has 3 heterocycles. The summed E-state index contributed by atoms with van der Waals surface area (Å²) in [6, 6.07) is 9.18. The van der Waals surface area contributed by atoms with Gasteiger partial charge in [0.2, 0.25) is 5.28 Å². The number of esters is 3. The second-order valence-corrected chi connectivity index (χ2v) is 9.19. The Morgan fingerprint density at radius 2 is 1.74 bits per heavy atom. The van der Waals surface area contributed by atoms with Crippen LogP contribution in [0, 0.1) is 0 Å². The number of hydrogen-bond donors (Lipinski definition) is 1. The quantitative estimate of drug-likeness (QED) is 0.220. The lowest BCUT2D eigenvalue weighted by molar-refractivity contribution is -0.166. The van der Waals surface area contributed by atoms with Crippen molar-refractivity contribution in [1.82, 2.24) is 19.5 Å². The average Bonchev–Trinajstić information content (AvgIpc) is 3.43. The van der Waals surface area contributed by atoms with E-state index in [9.17, 15) is 14.4 Å². The molecule has 13 nitrogen and oxygen atoms in total. The van der Waals surface area contributed by atoms with Gasteiger partial charge in [-0.05, 0) is 30.7 Å². The Kier molecular flexibility index (Phi) is 8.82. The molecule has 1 aromatic carbocycles. The number of rotatable bonds is 10. The van der Waals surface area contributed by atoms with Gasteiger partial charge in [0.1, 0.15) is 25.1 Å². The van der Waals surface area contributed by atoms with Crippen LogP contribution < -0.4 is 10.1 Å². The number of aromatic nitrogens is 4. The zero-order chi connectivity index (χ0) is 28.1. The van der Waals surface area contributed by atoms with Crippen LogP contribution in [-0.4, -0.2) is 75.0 Å². The number of ether oxygens (including phenoxy) is 5. The largest absolute Gasteiger partial charge is 0.491 e. The molecule has 0 aliphatic carbocycles. The molecule has 1 aliphatic heterocycles. The summed E-state index contributed by atoms with van der Waals surface area (Å²) >= 11 is 6.26. The third-order valence-corrected chi connectivity index (χ3v) is 5.80. The molecule has 0 saturated carbocycles. The molecule has 3 aromatic rings. The van der Waals surface area contributed by atoms with Crippen molar-refractivity contribution in [3.8, 4) is 5.75 Å². The van der Waals surface area contributed by atoms with E-state index < -0.39 is 42.4 Å². The SMILES string of the molecule is CC(=O)OC[C@H]1O[C@@H](n2cnc3c(NC(C)COc4ccccc4)nc(Cl)nc32)[C@H](OC(C)=O)[C@@H]1OC(C)=O. The predicted molar refractivity (Wildman–Crippen MR) is 137 cm³/mol. The molecule has 14 heteroatoms. The van der Waals surface area contributed by atoms with Crippen molar-refractivity contribution in [2.45, 2.75) is 58.3 Å². The predicted octanol–water partition coefficient (Wildman–Crippen LogP) is 2.68. The number of anilines is 1. The van der Waals surface area contributed by atoms with Gasteiger partial charge in [0.05, 0.1) is 12.4 Å². The van der Waals surface area contributed by atoms with Crippen LogP contribution in [0.4, 0.5) is 5.82 Å². The van der Waals surface area contributed by atoms with E-state index in [0.717, 1.165) is 5.75 Å². The van der Waals surface area contributed by atoms with Gasteiger partial charge in [0, 0.05) is 20.8 Å². The van der Waals surface area contributed by atoms with E-state index >= 15 is 0 Å². The number of para-hydroxylation sites is 1. The molecule has 208 valence electrons. The summed E-state index contributed by atoms with van der Waals surface area (Å²) in [5.74, 6) is -0.745. The van der Waals surface area contributed by atoms with Crippen LogP contribution in [0.1, 0.15) is 33.9 Å². The van der Waals surface area contributed by atoms with Crippen LogP contribution >= 0.6 is 11.6 Å². The Bertz CT molecular complexity index is 1340. The Morgan fingerprint density at radius 1 is 1.05 bits per heavy atom. The van der Waals surface area contributed by atoms with E-state index in [2.05, 4.69) is 20.3 Å². The van der Waals surface area contributed by atoms with Gasteiger partial charge in [-0.2, -0.15) is 9.97 Å². The first kappa shape index (κ1) is 28.0. The Balaban J connectivity index is 1.63. The highest BCUT2D eigenvalue weighted by molar-refractivity contribution is 6.28. The smallest absolute Gasteiger partial charge is 0.303 e. The highest BCUT2D eigenvalue weighted by atomic mass is 35.5. The molecule has 2 aromatic heterocycles. The molecule has 39 heavy (non-hydrogen) atoms. The maximum absolute atomic E-state index is 12.0. The second-order valence-electron chi connectivity index (χ2n) is 8.85. The second kappa shape index (κ2) is 12.3. The van der Waals surface area contributed by atoms with Crippen molar-refractivity contribution in [2.24, 2.45) is 0 Å². The van der Waals surface area contributed by atoms with E-state index in [0.29, 0.717) is 17.9 Å². The summed E-state index contributed by atoms with van der Waals surface area (Å²) < 4.78 is 29.4. The van der Waals surface area contributed by atoms with Gasteiger partial charge in [-0.3, -0.25) is 19.0 Å². The highest BCUT2D eigenvalue weighted by Gasteiger charge is 2.51. The molecular formula is C25H28ClN5O8. The molecule has 1 aliphatic rings. The minimum atomic E-state index is -1.10. The van der Waals surface area contributed by atoms with Gasteiger partial charge in [0.25, 0.3) is 0 Å². The number of fused-ring (bicyclic) bond motifs is 1. The molecular weight excluding hydrogens is 534 g/mol. The van der Waals surface area contributed by atoms with E-state index in [1.807, 2.05) is 37.3 Å². The third kappa shape index (κ3) is 6.92. The number of hydrogen-bond acceptors (Lipinski definition) is 12. The normalized spacial score (nSPS) is 21.3. The van der Waals surface area contributed by atoms with Crippen LogP contribution in [-0.2, 0) is 33.3 Å². The molecule has 1 N–H and O–H groups in total. The lowest BCUT2D eigenvalue weighted by Crippen LogP contribution is -2.40. The van der Waals surface area contributed by atoms with Crippen LogP contribution in [0.2, 0.25) is 5.28 Å². The van der Waals surface area contributed by atoms with Gasteiger partial charge in [0.15, 0.2) is 35.4 Å². The minimum Gasteiger partial charge on any atom is -0.491 e. The topological polar surface area (TPSA) is 153 Å². The first-order valence-corrected chi connectivity index (χ1v) is 12.5. The summed E-state index contributed by atoms with van der Waals surface area (Å²) in [7, 11) is 0. The fraction of sp³-hybridized carbons (Fsp3) is 0.440. The zero-order valence-corrected chi connectivity index (χ0v) is 22.5. The number of imidazole rings is 1. The van der Waals surface area contributed by atoms with E-state index in [-0.39, 0.29) is 23.6 Å². The first-order valence-electron chi connectivity index (χ1n) is 12.1. The fourth-order valence-corrected chi connectivity index (χ4v) is 4.27. The third-order valence-electron chi connectivity index (χ3n) is 5.64. The van der Waals surface area contributed by atoms with Gasteiger partial charge in [-0.15, -0.1) is 0 Å².